The van der Waals surface area contributed by atoms with Gasteiger partial charge in [0.05, 0.1) is 11.1 Å². The molecule has 0 atom stereocenters. The first-order valence-electron chi connectivity index (χ1n) is 7.80. The summed E-state index contributed by atoms with van der Waals surface area (Å²) >= 11 is 3.08. The quantitative estimate of drug-likeness (QED) is 0.337. The molecule has 28 heavy (non-hydrogen) atoms. The van der Waals surface area contributed by atoms with Crippen molar-refractivity contribution in [3.63, 3.8) is 0 Å². The number of phenols is 1. The van der Waals surface area contributed by atoms with Gasteiger partial charge in [-0.25, -0.2) is 9.82 Å². The van der Waals surface area contributed by atoms with E-state index in [-0.39, 0.29) is 18.4 Å². The van der Waals surface area contributed by atoms with Crippen LogP contribution in [0, 0.1) is 15.9 Å². The zero-order valence-corrected chi connectivity index (χ0v) is 15.8. The lowest BCUT2D eigenvalue weighted by molar-refractivity contribution is -0.385. The molecule has 0 saturated carbocycles. The van der Waals surface area contributed by atoms with Crippen molar-refractivity contribution < 1.29 is 24.0 Å². The maximum Gasteiger partial charge on any atom is 0.312 e. The number of aromatic hydroxyl groups is 1. The SMILES string of the molecule is O=C(CCC(=O)Nc1ccc(F)cc1)N/N=C/c1cc(Br)cc([N+](=O)[O-])c1O. The molecular weight excluding hydrogens is 439 g/mol. The number of benzene rings is 2. The number of carbonyl (C=O) groups is 2. The molecule has 0 aromatic heterocycles. The fourth-order valence-electron chi connectivity index (χ4n) is 2.06. The van der Waals surface area contributed by atoms with Crippen molar-refractivity contribution in [3.05, 3.63) is 62.4 Å². The van der Waals surface area contributed by atoms with Gasteiger partial charge in [0.25, 0.3) is 0 Å². The highest BCUT2D eigenvalue weighted by Crippen LogP contribution is 2.32. The summed E-state index contributed by atoms with van der Waals surface area (Å²) in [6.07, 6.45) is 0.741. The Kier molecular flexibility index (Phi) is 7.15. The van der Waals surface area contributed by atoms with Gasteiger partial charge in [-0.2, -0.15) is 5.10 Å². The number of carbonyl (C=O) groups excluding carboxylic acids is 2. The first-order chi connectivity index (χ1) is 13.3. The maximum atomic E-state index is 12.8. The Balaban J connectivity index is 1.86. The van der Waals surface area contributed by atoms with Crippen LogP contribution in [0.3, 0.4) is 0 Å². The highest BCUT2D eigenvalue weighted by Gasteiger charge is 2.17. The van der Waals surface area contributed by atoms with Crippen molar-refractivity contribution in [3.8, 4) is 5.75 Å². The Labute approximate surface area is 166 Å². The topological polar surface area (TPSA) is 134 Å². The van der Waals surface area contributed by atoms with Crippen LogP contribution >= 0.6 is 15.9 Å². The second kappa shape index (κ2) is 9.55. The van der Waals surface area contributed by atoms with Crippen molar-refractivity contribution in [2.24, 2.45) is 5.10 Å². The molecule has 0 bridgehead atoms. The fraction of sp³-hybridized carbons (Fsp3) is 0.118. The van der Waals surface area contributed by atoms with Gasteiger partial charge >= 0.3 is 5.69 Å². The van der Waals surface area contributed by atoms with E-state index < -0.39 is 34.0 Å². The van der Waals surface area contributed by atoms with Crippen LogP contribution in [0.2, 0.25) is 0 Å². The third kappa shape index (κ3) is 6.13. The summed E-state index contributed by atoms with van der Waals surface area (Å²) in [6, 6.07) is 7.68. The van der Waals surface area contributed by atoms with E-state index in [1.54, 1.807) is 0 Å². The van der Waals surface area contributed by atoms with Crippen molar-refractivity contribution in [2.45, 2.75) is 12.8 Å². The molecule has 11 heteroatoms. The molecule has 0 aliphatic rings. The molecule has 9 nitrogen and oxygen atoms in total. The van der Waals surface area contributed by atoms with Crippen LogP contribution in [0.1, 0.15) is 18.4 Å². The number of nitrogens with zero attached hydrogens (tertiary/aromatic N) is 2. The van der Waals surface area contributed by atoms with Gasteiger partial charge < -0.3 is 10.4 Å². The number of hydrogen-bond donors (Lipinski definition) is 3. The van der Waals surface area contributed by atoms with E-state index in [9.17, 15) is 29.2 Å². The van der Waals surface area contributed by atoms with Crippen LogP contribution in [-0.2, 0) is 9.59 Å². The third-order valence-electron chi connectivity index (χ3n) is 3.38. The minimum atomic E-state index is -0.754. The molecule has 0 fully saturated rings. The van der Waals surface area contributed by atoms with Gasteiger partial charge in [-0.05, 0) is 30.3 Å². The predicted molar refractivity (Wildman–Crippen MR) is 102 cm³/mol. The van der Waals surface area contributed by atoms with Gasteiger partial charge in [-0.3, -0.25) is 19.7 Å². The lowest BCUT2D eigenvalue weighted by atomic mass is 10.2. The lowest BCUT2D eigenvalue weighted by Crippen LogP contribution is -2.20. The molecule has 0 heterocycles. The minimum Gasteiger partial charge on any atom is -0.502 e. The molecular formula is C17H14BrFN4O5. The molecule has 0 spiro atoms. The van der Waals surface area contributed by atoms with E-state index in [0.717, 1.165) is 12.3 Å². The monoisotopic (exact) mass is 452 g/mol. The number of hydrogen-bond acceptors (Lipinski definition) is 6. The zero-order valence-electron chi connectivity index (χ0n) is 14.2. The van der Waals surface area contributed by atoms with Gasteiger partial charge in [-0.15, -0.1) is 0 Å². The molecule has 2 aromatic rings. The van der Waals surface area contributed by atoms with E-state index in [0.29, 0.717) is 10.2 Å². The van der Waals surface area contributed by atoms with E-state index in [4.69, 9.17) is 0 Å². The van der Waals surface area contributed by atoms with E-state index in [2.05, 4.69) is 31.8 Å². The molecule has 0 aliphatic heterocycles. The Morgan fingerprint density at radius 1 is 1.21 bits per heavy atom. The van der Waals surface area contributed by atoms with Crippen LogP contribution in [0.25, 0.3) is 0 Å². The standard InChI is InChI=1S/C17H14BrFN4O5/c18-11-7-10(17(26)14(8-11)23(27)28)9-20-22-16(25)6-5-15(24)21-13-3-1-12(19)2-4-13/h1-4,7-9,26H,5-6H2,(H,21,24)(H,22,25)/b20-9+. The van der Waals surface area contributed by atoms with Crippen molar-refractivity contribution in [2.75, 3.05) is 5.32 Å². The van der Waals surface area contributed by atoms with Crippen LogP contribution in [0.15, 0.2) is 46.0 Å². The summed E-state index contributed by atoms with van der Waals surface area (Å²) in [6.45, 7) is 0. The molecule has 2 rings (SSSR count). The third-order valence-corrected chi connectivity index (χ3v) is 3.84. The minimum absolute atomic E-state index is 0.0235. The van der Waals surface area contributed by atoms with Gasteiger partial charge in [0, 0.05) is 34.6 Å². The zero-order chi connectivity index (χ0) is 20.7. The smallest absolute Gasteiger partial charge is 0.312 e. The molecule has 0 saturated heterocycles. The fourth-order valence-corrected chi connectivity index (χ4v) is 2.52. The number of anilines is 1. The van der Waals surface area contributed by atoms with Crippen molar-refractivity contribution in [1.82, 2.24) is 5.43 Å². The summed E-state index contributed by atoms with van der Waals surface area (Å²) in [7, 11) is 0. The first-order valence-corrected chi connectivity index (χ1v) is 8.60. The number of hydrazone groups is 1. The number of rotatable bonds is 7. The normalized spacial score (nSPS) is 10.6. The molecule has 2 aromatic carbocycles. The van der Waals surface area contributed by atoms with Gasteiger partial charge in [0.1, 0.15) is 5.82 Å². The Morgan fingerprint density at radius 2 is 1.86 bits per heavy atom. The maximum absolute atomic E-state index is 12.8. The van der Waals surface area contributed by atoms with Gasteiger partial charge in [0.15, 0.2) is 0 Å². The Morgan fingerprint density at radius 3 is 2.50 bits per heavy atom. The first kappa shape index (κ1) is 21.0. The van der Waals surface area contributed by atoms with Crippen molar-refractivity contribution >= 4 is 45.3 Å². The number of halogens is 2. The summed E-state index contributed by atoms with van der Waals surface area (Å²) in [5, 5.41) is 26.8. The van der Waals surface area contributed by atoms with E-state index >= 15 is 0 Å². The predicted octanol–water partition coefficient (Wildman–Crippen LogP) is 3.07. The van der Waals surface area contributed by atoms with Crippen molar-refractivity contribution in [1.29, 1.82) is 0 Å². The summed E-state index contributed by atoms with van der Waals surface area (Å²) in [4.78, 5) is 33.6. The van der Waals surface area contributed by atoms with Gasteiger partial charge in [-0.1, -0.05) is 15.9 Å². The molecule has 0 aliphatic carbocycles. The summed E-state index contributed by atoms with van der Waals surface area (Å²) in [5.74, 6) is -2.04. The number of phenolic OH excluding ortho intramolecular Hbond substituents is 1. The summed E-state index contributed by atoms with van der Waals surface area (Å²) in [5.41, 5.74) is 2.07. The number of nitro benzene ring substituents is 1. The number of amides is 2. The highest BCUT2D eigenvalue weighted by molar-refractivity contribution is 9.10. The average molecular weight is 453 g/mol. The van der Waals surface area contributed by atoms with Crippen LogP contribution in [0.4, 0.5) is 15.8 Å². The number of nitro groups is 1. The Hall–Kier alpha value is -3.34. The molecule has 0 radical (unpaired) electrons. The van der Waals surface area contributed by atoms with Crippen LogP contribution in [0.5, 0.6) is 5.75 Å². The molecule has 146 valence electrons. The van der Waals surface area contributed by atoms with Crippen LogP contribution in [-0.4, -0.2) is 28.1 Å². The van der Waals surface area contributed by atoms with E-state index in [1.807, 2.05) is 0 Å². The second-order valence-corrected chi connectivity index (χ2v) is 6.38. The summed E-state index contributed by atoms with van der Waals surface area (Å²) < 4.78 is 13.1. The Bertz CT molecular complexity index is 934. The molecule has 3 N–H and O–H groups in total. The van der Waals surface area contributed by atoms with E-state index in [1.165, 1.54) is 30.3 Å². The van der Waals surface area contributed by atoms with Crippen LogP contribution < -0.4 is 10.7 Å². The second-order valence-electron chi connectivity index (χ2n) is 5.47. The number of nitrogens with one attached hydrogen (secondary N) is 2. The molecule has 2 amide bonds. The van der Waals surface area contributed by atoms with Gasteiger partial charge in [0.2, 0.25) is 17.6 Å². The molecule has 0 unspecified atom stereocenters. The largest absolute Gasteiger partial charge is 0.502 e. The average Bonchev–Trinajstić information content (AvgIpc) is 2.64. The lowest BCUT2D eigenvalue weighted by Gasteiger charge is -2.05. The highest BCUT2D eigenvalue weighted by atomic mass is 79.9.